The highest BCUT2D eigenvalue weighted by atomic mass is 32.2. The standard InChI is InChI=1S/C15H17N3O3S/c1-10-11(17-18-15(19)21-3)7-8-12(14(10)20-2)22-13-6-4-5-9-16-13/h4-9,17H,1-3H3,(H,18,19). The van der Waals surface area contributed by atoms with Gasteiger partial charge in [-0.3, -0.25) is 5.43 Å². The fraction of sp³-hybridized carbons (Fsp3) is 0.200. The Hall–Kier alpha value is -2.41. The van der Waals surface area contributed by atoms with Crippen molar-refractivity contribution < 1.29 is 14.3 Å². The number of hydrogen-bond donors (Lipinski definition) is 2. The number of carbonyl (C=O) groups excluding carboxylic acids is 1. The third kappa shape index (κ3) is 3.82. The Bertz CT molecular complexity index is 650. The van der Waals surface area contributed by atoms with Crippen LogP contribution in [-0.4, -0.2) is 25.3 Å². The second-order valence-electron chi connectivity index (χ2n) is 4.28. The van der Waals surface area contributed by atoms with Crippen molar-refractivity contribution in [1.29, 1.82) is 0 Å². The molecular formula is C15H17N3O3S. The Balaban J connectivity index is 2.22. The highest BCUT2D eigenvalue weighted by molar-refractivity contribution is 7.99. The summed E-state index contributed by atoms with van der Waals surface area (Å²) in [7, 11) is 2.92. The molecule has 1 amide bonds. The van der Waals surface area contributed by atoms with E-state index in [4.69, 9.17) is 4.74 Å². The van der Waals surface area contributed by atoms with Gasteiger partial charge in [0.1, 0.15) is 10.8 Å². The summed E-state index contributed by atoms with van der Waals surface area (Å²) in [5, 5.41) is 0.883. The maximum Gasteiger partial charge on any atom is 0.425 e. The maximum absolute atomic E-state index is 11.1. The molecule has 22 heavy (non-hydrogen) atoms. The fourth-order valence-corrected chi connectivity index (χ4v) is 2.78. The first-order valence-corrected chi connectivity index (χ1v) is 7.33. The average molecular weight is 319 g/mol. The van der Waals surface area contributed by atoms with E-state index in [0.29, 0.717) is 0 Å². The van der Waals surface area contributed by atoms with Gasteiger partial charge in [0.2, 0.25) is 0 Å². The number of amides is 1. The van der Waals surface area contributed by atoms with Crippen LogP contribution in [0.3, 0.4) is 0 Å². The number of rotatable bonds is 5. The number of anilines is 1. The smallest absolute Gasteiger partial charge is 0.425 e. The number of aromatic nitrogens is 1. The van der Waals surface area contributed by atoms with E-state index in [0.717, 1.165) is 26.9 Å². The van der Waals surface area contributed by atoms with Crippen molar-refractivity contribution in [3.05, 3.63) is 42.1 Å². The summed E-state index contributed by atoms with van der Waals surface area (Å²) >= 11 is 1.51. The highest BCUT2D eigenvalue weighted by Crippen LogP contribution is 2.38. The van der Waals surface area contributed by atoms with E-state index >= 15 is 0 Å². The number of methoxy groups -OCH3 is 2. The van der Waals surface area contributed by atoms with Gasteiger partial charge in [0.25, 0.3) is 0 Å². The topological polar surface area (TPSA) is 72.5 Å². The lowest BCUT2D eigenvalue weighted by Crippen LogP contribution is -2.29. The Kier molecular flexibility index (Phi) is 5.48. The molecule has 0 aliphatic heterocycles. The van der Waals surface area contributed by atoms with Crippen LogP contribution in [0.2, 0.25) is 0 Å². The summed E-state index contributed by atoms with van der Waals surface area (Å²) in [4.78, 5) is 16.4. The molecule has 0 unspecified atom stereocenters. The normalized spacial score (nSPS) is 9.95. The van der Waals surface area contributed by atoms with Crippen LogP contribution in [-0.2, 0) is 4.74 Å². The summed E-state index contributed by atoms with van der Waals surface area (Å²) in [6.07, 6.45) is 1.18. The van der Waals surface area contributed by atoms with Crippen molar-refractivity contribution in [3.63, 3.8) is 0 Å². The first-order chi connectivity index (χ1) is 10.7. The zero-order valence-corrected chi connectivity index (χ0v) is 13.4. The lowest BCUT2D eigenvalue weighted by atomic mass is 10.2. The molecule has 2 rings (SSSR count). The van der Waals surface area contributed by atoms with Crippen molar-refractivity contribution in [3.8, 4) is 5.75 Å². The quantitative estimate of drug-likeness (QED) is 0.824. The van der Waals surface area contributed by atoms with E-state index in [-0.39, 0.29) is 0 Å². The second kappa shape index (κ2) is 7.56. The van der Waals surface area contributed by atoms with Gasteiger partial charge in [0.05, 0.1) is 24.8 Å². The van der Waals surface area contributed by atoms with E-state index in [1.165, 1.54) is 18.9 Å². The molecule has 0 spiro atoms. The van der Waals surface area contributed by atoms with Gasteiger partial charge in [-0.2, -0.15) is 0 Å². The number of pyridine rings is 1. The van der Waals surface area contributed by atoms with Crippen molar-refractivity contribution in [2.75, 3.05) is 19.6 Å². The number of nitrogens with one attached hydrogen (secondary N) is 2. The minimum absolute atomic E-state index is 0.565. The first-order valence-electron chi connectivity index (χ1n) is 6.52. The molecule has 0 fully saturated rings. The molecule has 0 saturated carbocycles. The molecule has 0 aliphatic rings. The fourth-order valence-electron chi connectivity index (χ4n) is 1.83. The van der Waals surface area contributed by atoms with Crippen LogP contribution in [0.5, 0.6) is 5.75 Å². The largest absolute Gasteiger partial charge is 0.495 e. The third-order valence-electron chi connectivity index (χ3n) is 2.91. The Morgan fingerprint density at radius 3 is 2.68 bits per heavy atom. The SMILES string of the molecule is COC(=O)NNc1ccc(Sc2ccccn2)c(OC)c1C. The molecule has 1 heterocycles. The van der Waals surface area contributed by atoms with Crippen LogP contribution in [0.4, 0.5) is 10.5 Å². The number of nitrogens with zero attached hydrogens (tertiary/aromatic N) is 1. The summed E-state index contributed by atoms with van der Waals surface area (Å²) in [6, 6.07) is 9.51. The molecule has 7 heteroatoms. The summed E-state index contributed by atoms with van der Waals surface area (Å²) in [5.74, 6) is 0.729. The van der Waals surface area contributed by atoms with Crippen molar-refractivity contribution >= 4 is 23.5 Å². The Labute approximate surface area is 133 Å². The van der Waals surface area contributed by atoms with Crippen LogP contribution >= 0.6 is 11.8 Å². The molecule has 1 aromatic heterocycles. The number of carbonyl (C=O) groups is 1. The van der Waals surface area contributed by atoms with Crippen molar-refractivity contribution in [2.24, 2.45) is 0 Å². The number of benzene rings is 1. The van der Waals surface area contributed by atoms with Gasteiger partial charge in [0.15, 0.2) is 0 Å². The maximum atomic E-state index is 11.1. The monoisotopic (exact) mass is 319 g/mol. The molecule has 6 nitrogen and oxygen atoms in total. The van der Waals surface area contributed by atoms with Crippen LogP contribution in [0, 0.1) is 6.92 Å². The summed E-state index contributed by atoms with van der Waals surface area (Å²) in [6.45, 7) is 1.91. The van der Waals surface area contributed by atoms with Gasteiger partial charge in [-0.25, -0.2) is 15.2 Å². The van der Waals surface area contributed by atoms with Crippen LogP contribution < -0.4 is 15.6 Å². The molecule has 2 aromatic rings. The molecule has 0 atom stereocenters. The molecule has 0 bridgehead atoms. The van der Waals surface area contributed by atoms with Gasteiger partial charge in [-0.05, 0) is 31.2 Å². The Morgan fingerprint density at radius 1 is 1.23 bits per heavy atom. The first kappa shape index (κ1) is 16.0. The molecule has 0 saturated heterocycles. The van der Waals surface area contributed by atoms with E-state index in [1.54, 1.807) is 13.3 Å². The van der Waals surface area contributed by atoms with E-state index in [1.807, 2.05) is 37.3 Å². The van der Waals surface area contributed by atoms with Gasteiger partial charge >= 0.3 is 6.09 Å². The van der Waals surface area contributed by atoms with E-state index in [9.17, 15) is 4.79 Å². The van der Waals surface area contributed by atoms with Gasteiger partial charge in [0, 0.05) is 11.8 Å². The summed E-state index contributed by atoms with van der Waals surface area (Å²) < 4.78 is 10.0. The minimum Gasteiger partial charge on any atom is -0.495 e. The number of ether oxygens (including phenoxy) is 2. The predicted octanol–water partition coefficient (Wildman–Crippen LogP) is 3.23. The molecule has 116 valence electrons. The van der Waals surface area contributed by atoms with E-state index < -0.39 is 6.09 Å². The van der Waals surface area contributed by atoms with Crippen LogP contribution in [0.1, 0.15) is 5.56 Å². The molecule has 2 N–H and O–H groups in total. The second-order valence-corrected chi connectivity index (χ2v) is 5.34. The number of hydrogen-bond acceptors (Lipinski definition) is 6. The molecular weight excluding hydrogens is 302 g/mol. The highest BCUT2D eigenvalue weighted by Gasteiger charge is 2.13. The minimum atomic E-state index is -0.565. The van der Waals surface area contributed by atoms with Gasteiger partial charge in [-0.1, -0.05) is 17.8 Å². The van der Waals surface area contributed by atoms with Crippen molar-refractivity contribution in [1.82, 2.24) is 10.4 Å². The lowest BCUT2D eigenvalue weighted by Gasteiger charge is -2.16. The lowest BCUT2D eigenvalue weighted by molar-refractivity contribution is 0.173. The zero-order chi connectivity index (χ0) is 15.9. The summed E-state index contributed by atoms with van der Waals surface area (Å²) in [5.41, 5.74) is 6.83. The van der Waals surface area contributed by atoms with Gasteiger partial charge in [-0.15, -0.1) is 0 Å². The molecule has 0 radical (unpaired) electrons. The van der Waals surface area contributed by atoms with Gasteiger partial charge < -0.3 is 9.47 Å². The van der Waals surface area contributed by atoms with Crippen LogP contribution in [0.25, 0.3) is 0 Å². The van der Waals surface area contributed by atoms with Crippen molar-refractivity contribution in [2.45, 2.75) is 16.8 Å². The predicted molar refractivity (Wildman–Crippen MR) is 85.3 cm³/mol. The number of hydrazine groups is 1. The van der Waals surface area contributed by atoms with Crippen LogP contribution in [0.15, 0.2) is 46.5 Å². The third-order valence-corrected chi connectivity index (χ3v) is 3.90. The average Bonchev–Trinajstić information content (AvgIpc) is 2.55. The Morgan fingerprint density at radius 2 is 2.05 bits per heavy atom. The zero-order valence-electron chi connectivity index (χ0n) is 12.5. The molecule has 1 aromatic carbocycles. The molecule has 0 aliphatic carbocycles. The van der Waals surface area contributed by atoms with E-state index in [2.05, 4.69) is 20.6 Å².